The zero-order chi connectivity index (χ0) is 18.3. The molecule has 0 radical (unpaired) electrons. The summed E-state index contributed by atoms with van der Waals surface area (Å²) >= 11 is 10.9. The Bertz CT molecular complexity index is 1050. The van der Waals surface area contributed by atoms with Crippen LogP contribution >= 0.6 is 39.3 Å². The van der Waals surface area contributed by atoms with Crippen LogP contribution in [0, 0.1) is 0 Å². The number of allylic oxidation sites excluding steroid dienone is 1. The lowest BCUT2D eigenvalue weighted by molar-refractivity contribution is 0.101. The molecule has 26 heavy (non-hydrogen) atoms. The zero-order valence-electron chi connectivity index (χ0n) is 13.1. The number of ketones is 1. The minimum atomic E-state index is -0.271. The van der Waals surface area contributed by atoms with Crippen molar-refractivity contribution in [3.05, 3.63) is 80.5 Å². The maximum atomic E-state index is 13.0. The Morgan fingerprint density at radius 2 is 2.04 bits per heavy atom. The Labute approximate surface area is 167 Å². The first kappa shape index (κ1) is 17.3. The van der Waals surface area contributed by atoms with Crippen LogP contribution in [-0.4, -0.2) is 10.9 Å². The molecule has 4 rings (SSSR count). The second-order valence-corrected chi connectivity index (χ2v) is 7.94. The van der Waals surface area contributed by atoms with E-state index in [4.69, 9.17) is 16.0 Å². The number of halogens is 2. The summed E-state index contributed by atoms with van der Waals surface area (Å²) in [5.74, 6) is -0.0120. The van der Waals surface area contributed by atoms with Gasteiger partial charge in [0, 0.05) is 20.0 Å². The van der Waals surface area contributed by atoms with Crippen molar-refractivity contribution in [3.63, 3.8) is 0 Å². The molecule has 0 spiro atoms. The minimum Gasteiger partial charge on any atom is -0.507 e. The van der Waals surface area contributed by atoms with E-state index in [1.54, 1.807) is 24.3 Å². The van der Waals surface area contributed by atoms with Crippen LogP contribution in [-0.2, 0) is 0 Å². The third kappa shape index (κ3) is 3.16. The lowest BCUT2D eigenvalue weighted by Gasteiger charge is -2.24. The molecule has 1 aliphatic heterocycles. The highest BCUT2D eigenvalue weighted by molar-refractivity contribution is 9.10. The van der Waals surface area contributed by atoms with Gasteiger partial charge in [-0.15, -0.1) is 0 Å². The Morgan fingerprint density at radius 1 is 1.19 bits per heavy atom. The van der Waals surface area contributed by atoms with Gasteiger partial charge in [0.15, 0.2) is 5.76 Å². The van der Waals surface area contributed by atoms with Crippen molar-refractivity contribution in [1.82, 2.24) is 0 Å². The second-order valence-electron chi connectivity index (χ2n) is 5.54. The standard InChI is InChI=1S/C19H11BrClNO3S/c20-10-3-5-13-16(8-10)26-19(18(24)15-2-1-7-25-15)17(22-13)12-9-11(21)4-6-14(12)23/h1-9,22-23H. The van der Waals surface area contributed by atoms with Crippen molar-refractivity contribution < 1.29 is 14.3 Å². The van der Waals surface area contributed by atoms with Gasteiger partial charge < -0.3 is 14.8 Å². The summed E-state index contributed by atoms with van der Waals surface area (Å²) < 4.78 is 6.18. The summed E-state index contributed by atoms with van der Waals surface area (Å²) in [4.78, 5) is 14.3. The van der Waals surface area contributed by atoms with Gasteiger partial charge in [-0.05, 0) is 48.5 Å². The van der Waals surface area contributed by atoms with E-state index >= 15 is 0 Å². The summed E-state index contributed by atoms with van der Waals surface area (Å²) in [6.45, 7) is 0. The number of hydrogen-bond donors (Lipinski definition) is 2. The van der Waals surface area contributed by atoms with Crippen molar-refractivity contribution in [2.24, 2.45) is 0 Å². The molecule has 4 nitrogen and oxygen atoms in total. The number of aromatic hydroxyl groups is 1. The van der Waals surface area contributed by atoms with Gasteiger partial charge in [0.2, 0.25) is 5.78 Å². The van der Waals surface area contributed by atoms with Gasteiger partial charge in [0.25, 0.3) is 0 Å². The number of thioether (sulfide) groups is 1. The fraction of sp³-hybridized carbons (Fsp3) is 0. The number of fused-ring (bicyclic) bond motifs is 1. The van der Waals surface area contributed by atoms with Crippen molar-refractivity contribution >= 4 is 56.5 Å². The maximum absolute atomic E-state index is 13.0. The molecule has 0 bridgehead atoms. The lowest BCUT2D eigenvalue weighted by atomic mass is 10.1. The zero-order valence-corrected chi connectivity index (χ0v) is 16.3. The first-order valence-corrected chi connectivity index (χ1v) is 9.57. The Kier molecular flexibility index (Phi) is 4.56. The Morgan fingerprint density at radius 3 is 2.81 bits per heavy atom. The number of furan rings is 1. The van der Waals surface area contributed by atoms with Crippen molar-refractivity contribution in [2.45, 2.75) is 4.90 Å². The number of nitrogens with one attached hydrogen (secondary N) is 1. The van der Waals surface area contributed by atoms with E-state index in [1.807, 2.05) is 18.2 Å². The van der Waals surface area contributed by atoms with E-state index in [9.17, 15) is 9.90 Å². The van der Waals surface area contributed by atoms with Crippen LogP contribution in [0.4, 0.5) is 5.69 Å². The molecule has 0 atom stereocenters. The van der Waals surface area contributed by atoms with Crippen LogP contribution < -0.4 is 5.32 Å². The van der Waals surface area contributed by atoms with Crippen LogP contribution in [0.2, 0.25) is 5.02 Å². The van der Waals surface area contributed by atoms with E-state index in [0.717, 1.165) is 15.1 Å². The number of hydrogen-bond acceptors (Lipinski definition) is 5. The third-order valence-corrected chi connectivity index (χ3v) is 5.70. The molecule has 7 heteroatoms. The molecule has 0 unspecified atom stereocenters. The lowest BCUT2D eigenvalue weighted by Crippen LogP contribution is -2.13. The molecule has 1 aliphatic rings. The van der Waals surface area contributed by atoms with Gasteiger partial charge >= 0.3 is 0 Å². The molecule has 0 fully saturated rings. The number of anilines is 1. The normalized spacial score (nSPS) is 13.3. The molecule has 0 saturated heterocycles. The molecule has 2 heterocycles. The number of rotatable bonds is 3. The Balaban J connectivity index is 1.90. The van der Waals surface area contributed by atoms with Crippen LogP contribution in [0.3, 0.4) is 0 Å². The number of phenols is 1. The topological polar surface area (TPSA) is 62.5 Å². The third-order valence-electron chi connectivity index (χ3n) is 3.82. The summed E-state index contributed by atoms with van der Waals surface area (Å²) in [6.07, 6.45) is 1.45. The predicted molar refractivity (Wildman–Crippen MR) is 107 cm³/mol. The molecular weight excluding hydrogens is 438 g/mol. The van der Waals surface area contributed by atoms with Crippen molar-refractivity contribution in [3.8, 4) is 5.75 Å². The average molecular weight is 449 g/mol. The fourth-order valence-electron chi connectivity index (χ4n) is 2.61. The van der Waals surface area contributed by atoms with Crippen molar-refractivity contribution in [1.29, 1.82) is 0 Å². The first-order valence-electron chi connectivity index (χ1n) is 7.59. The SMILES string of the molecule is O=C(C1=C(c2cc(Cl)ccc2O)Nc2ccc(Br)cc2S1)c1ccco1. The fourth-order valence-corrected chi connectivity index (χ4v) is 4.39. The van der Waals surface area contributed by atoms with Crippen LogP contribution in [0.5, 0.6) is 5.75 Å². The molecule has 0 amide bonds. The van der Waals surface area contributed by atoms with Gasteiger partial charge in [0.1, 0.15) is 5.75 Å². The highest BCUT2D eigenvalue weighted by Gasteiger charge is 2.28. The summed E-state index contributed by atoms with van der Waals surface area (Å²) in [6, 6.07) is 13.7. The number of benzene rings is 2. The molecule has 0 aliphatic carbocycles. The average Bonchev–Trinajstić information content (AvgIpc) is 3.17. The van der Waals surface area contributed by atoms with Crippen LogP contribution in [0.25, 0.3) is 5.70 Å². The summed E-state index contributed by atoms with van der Waals surface area (Å²) in [5, 5.41) is 14.0. The van der Waals surface area contributed by atoms with E-state index in [-0.39, 0.29) is 17.3 Å². The van der Waals surface area contributed by atoms with Crippen LogP contribution in [0.15, 0.2) is 73.5 Å². The number of carbonyl (C=O) groups is 1. The van der Waals surface area contributed by atoms with Gasteiger partial charge in [-0.25, -0.2) is 0 Å². The minimum absolute atomic E-state index is 0.0304. The van der Waals surface area contributed by atoms with Gasteiger partial charge in [-0.3, -0.25) is 4.79 Å². The van der Waals surface area contributed by atoms with E-state index in [0.29, 0.717) is 21.2 Å². The largest absolute Gasteiger partial charge is 0.507 e. The smallest absolute Gasteiger partial charge is 0.236 e. The van der Waals surface area contributed by atoms with E-state index in [2.05, 4.69) is 21.2 Å². The predicted octanol–water partition coefficient (Wildman–Crippen LogP) is 6.17. The van der Waals surface area contributed by atoms with Gasteiger partial charge in [-0.1, -0.05) is 39.3 Å². The number of Topliss-reactive ketones (excluding diaryl/α,β-unsaturated/α-hetero) is 1. The highest BCUT2D eigenvalue weighted by Crippen LogP contribution is 2.46. The van der Waals surface area contributed by atoms with Gasteiger partial charge in [0.05, 0.1) is 22.6 Å². The molecule has 0 saturated carbocycles. The molecular formula is C19H11BrClNO3S. The first-order chi connectivity index (χ1) is 12.5. The van der Waals surface area contributed by atoms with Crippen molar-refractivity contribution in [2.75, 3.05) is 5.32 Å². The summed E-state index contributed by atoms with van der Waals surface area (Å²) in [5.41, 5.74) is 1.78. The number of phenolic OH excluding ortho intramolecular Hbond substituents is 1. The second kappa shape index (κ2) is 6.87. The maximum Gasteiger partial charge on any atom is 0.236 e. The highest BCUT2D eigenvalue weighted by atomic mass is 79.9. The van der Waals surface area contributed by atoms with Crippen LogP contribution in [0.1, 0.15) is 16.1 Å². The molecule has 2 N–H and O–H groups in total. The molecule has 2 aromatic carbocycles. The quantitative estimate of drug-likeness (QED) is 0.469. The molecule has 130 valence electrons. The number of carbonyl (C=O) groups excluding carboxylic acids is 1. The monoisotopic (exact) mass is 447 g/mol. The molecule has 3 aromatic rings. The van der Waals surface area contributed by atoms with E-state index < -0.39 is 0 Å². The Hall–Kier alpha value is -2.15. The summed E-state index contributed by atoms with van der Waals surface area (Å²) in [7, 11) is 0. The van der Waals surface area contributed by atoms with Gasteiger partial charge in [-0.2, -0.15) is 0 Å². The van der Waals surface area contributed by atoms with E-state index in [1.165, 1.54) is 24.1 Å². The molecule has 1 aromatic heterocycles.